The molecule has 0 saturated heterocycles. The molecule has 0 aromatic carbocycles. The van der Waals surface area contributed by atoms with E-state index in [9.17, 15) is 4.79 Å². The molecule has 0 atom stereocenters. The molecular weight excluding hydrogens is 310 g/mol. The van der Waals surface area contributed by atoms with Gasteiger partial charge < -0.3 is 9.84 Å². The van der Waals surface area contributed by atoms with Crippen LogP contribution in [0.15, 0.2) is 16.7 Å². The molecule has 116 valence electrons. The molecule has 0 aliphatic rings. The van der Waals surface area contributed by atoms with E-state index in [-0.39, 0.29) is 12.5 Å². The number of hydrogen-bond acceptors (Lipinski definition) is 5. The number of carbonyl (C=O) groups is 1. The van der Waals surface area contributed by atoms with Crippen molar-refractivity contribution in [2.45, 2.75) is 20.8 Å². The van der Waals surface area contributed by atoms with Crippen LogP contribution in [-0.4, -0.2) is 22.6 Å². The molecule has 3 rings (SSSR count). The van der Waals surface area contributed by atoms with Gasteiger partial charge >= 0.3 is 0 Å². The molecule has 0 aliphatic carbocycles. The second-order valence-electron chi connectivity index (χ2n) is 5.22. The van der Waals surface area contributed by atoms with Crippen molar-refractivity contribution in [3.63, 3.8) is 0 Å². The van der Waals surface area contributed by atoms with Crippen LogP contribution in [0.1, 0.15) is 25.8 Å². The number of nitrogens with one attached hydrogen (secondary N) is 1. The van der Waals surface area contributed by atoms with Crippen molar-refractivity contribution in [1.82, 2.24) is 15.5 Å². The van der Waals surface area contributed by atoms with E-state index >= 15 is 0 Å². The highest BCUT2D eigenvalue weighted by atomic mass is 32.1. The summed E-state index contributed by atoms with van der Waals surface area (Å²) < 4.78 is 5.27. The Hall–Kier alpha value is -2.65. The number of rotatable bonds is 3. The van der Waals surface area contributed by atoms with Gasteiger partial charge in [0.15, 0.2) is 0 Å². The maximum Gasteiger partial charge on any atom is 0.259 e. The number of aryl methyl sites for hydroxylation is 3. The maximum absolute atomic E-state index is 12.4. The number of amides is 1. The Morgan fingerprint density at radius 2 is 2.17 bits per heavy atom. The first-order valence-electron chi connectivity index (χ1n) is 7.07. The fourth-order valence-electron chi connectivity index (χ4n) is 2.52. The highest BCUT2D eigenvalue weighted by molar-refractivity contribution is 7.12. The van der Waals surface area contributed by atoms with Crippen molar-refractivity contribution < 1.29 is 9.32 Å². The smallest absolute Gasteiger partial charge is 0.259 e. The van der Waals surface area contributed by atoms with Crippen molar-refractivity contribution >= 4 is 28.3 Å². The molecule has 3 heterocycles. The molecule has 23 heavy (non-hydrogen) atoms. The lowest BCUT2D eigenvalue weighted by atomic mass is 10.1. The fraction of sp³-hybridized carbons (Fsp3) is 0.235. The third-order valence-electron chi connectivity index (χ3n) is 3.53. The highest BCUT2D eigenvalue weighted by Crippen LogP contribution is 2.32. The van der Waals surface area contributed by atoms with Crippen molar-refractivity contribution in [2.75, 3.05) is 6.54 Å². The van der Waals surface area contributed by atoms with E-state index in [4.69, 9.17) is 10.9 Å². The predicted octanol–water partition coefficient (Wildman–Crippen LogP) is 3.24. The monoisotopic (exact) mass is 325 g/mol. The van der Waals surface area contributed by atoms with Crippen LogP contribution in [0.5, 0.6) is 0 Å². The van der Waals surface area contributed by atoms with Crippen LogP contribution in [0, 0.1) is 33.1 Å². The summed E-state index contributed by atoms with van der Waals surface area (Å²) in [5.41, 5.74) is 3.15. The topological polar surface area (TPSA) is 68.0 Å². The van der Waals surface area contributed by atoms with Crippen LogP contribution < -0.4 is 5.32 Å². The predicted molar refractivity (Wildman–Crippen MR) is 90.5 cm³/mol. The summed E-state index contributed by atoms with van der Waals surface area (Å²) in [7, 11) is 0. The van der Waals surface area contributed by atoms with Crippen molar-refractivity contribution in [2.24, 2.45) is 0 Å². The van der Waals surface area contributed by atoms with Crippen LogP contribution in [0.2, 0.25) is 0 Å². The van der Waals surface area contributed by atoms with E-state index in [0.717, 1.165) is 10.4 Å². The van der Waals surface area contributed by atoms with Gasteiger partial charge in [-0.25, -0.2) is 4.98 Å². The number of terminal acetylenes is 1. The Morgan fingerprint density at radius 1 is 1.39 bits per heavy atom. The van der Waals surface area contributed by atoms with E-state index in [0.29, 0.717) is 28.1 Å². The Labute approximate surface area is 137 Å². The zero-order valence-corrected chi connectivity index (χ0v) is 13.9. The number of hydrogen-bond donors (Lipinski definition) is 1. The molecule has 3 aromatic rings. The molecule has 0 spiro atoms. The molecular formula is C17H15N3O2S. The summed E-state index contributed by atoms with van der Waals surface area (Å²) in [6.07, 6.45) is 5.21. The van der Waals surface area contributed by atoms with Crippen molar-refractivity contribution in [1.29, 1.82) is 0 Å². The fourth-order valence-corrected chi connectivity index (χ4v) is 3.46. The van der Waals surface area contributed by atoms with E-state index < -0.39 is 0 Å². The Bertz CT molecular complexity index is 947. The Balaban J connectivity index is 2.21. The number of nitrogens with zero attached hydrogens (tertiary/aromatic N) is 2. The summed E-state index contributed by atoms with van der Waals surface area (Å²) in [6, 6.07) is 3.83. The summed E-state index contributed by atoms with van der Waals surface area (Å²) in [5.74, 6) is 2.14. The van der Waals surface area contributed by atoms with Gasteiger partial charge in [-0.2, -0.15) is 0 Å². The van der Waals surface area contributed by atoms with Crippen LogP contribution >= 0.6 is 11.3 Å². The Kier molecular flexibility index (Phi) is 3.89. The van der Waals surface area contributed by atoms with Crippen molar-refractivity contribution in [3.05, 3.63) is 33.1 Å². The number of thiophene rings is 1. The lowest BCUT2D eigenvalue weighted by molar-refractivity contribution is 0.0960. The number of fused-ring (bicyclic) bond motifs is 1. The molecule has 6 heteroatoms. The molecule has 5 nitrogen and oxygen atoms in total. The van der Waals surface area contributed by atoms with Gasteiger partial charge in [0.05, 0.1) is 28.9 Å². The zero-order valence-electron chi connectivity index (χ0n) is 13.1. The molecule has 0 bridgehead atoms. The lowest BCUT2D eigenvalue weighted by Gasteiger charge is -2.06. The van der Waals surface area contributed by atoms with Gasteiger partial charge in [0.25, 0.3) is 11.6 Å². The molecule has 0 saturated carbocycles. The standard InChI is InChI=1S/C17H15N3O2S/c1-5-6-18-16(21)13-8-14(12-7-9(2)23-11(12)4)19-17-15(13)10(3)20-22-17/h1,7-8H,6H2,2-4H3,(H,18,21). The van der Waals surface area contributed by atoms with Gasteiger partial charge in [-0.15, -0.1) is 17.8 Å². The molecule has 1 amide bonds. The molecule has 0 unspecified atom stereocenters. The molecule has 0 fully saturated rings. The number of carbonyl (C=O) groups excluding carboxylic acids is 1. The zero-order chi connectivity index (χ0) is 16.6. The third-order valence-corrected chi connectivity index (χ3v) is 4.50. The Morgan fingerprint density at radius 3 is 2.83 bits per heavy atom. The average molecular weight is 325 g/mol. The van der Waals surface area contributed by atoms with Gasteiger partial charge in [0.2, 0.25) is 0 Å². The second kappa shape index (κ2) is 5.86. The average Bonchev–Trinajstić information content (AvgIpc) is 3.06. The van der Waals surface area contributed by atoms with Crippen LogP contribution in [-0.2, 0) is 0 Å². The minimum absolute atomic E-state index is 0.166. The summed E-state index contributed by atoms with van der Waals surface area (Å²) in [6.45, 7) is 6.02. The largest absolute Gasteiger partial charge is 0.341 e. The first kappa shape index (κ1) is 15.3. The normalized spacial score (nSPS) is 10.7. The SMILES string of the molecule is C#CCNC(=O)c1cc(-c2cc(C)sc2C)nc2onc(C)c12. The third kappa shape index (κ3) is 2.71. The number of pyridine rings is 1. The van der Waals surface area contributed by atoms with Gasteiger partial charge in [0.1, 0.15) is 0 Å². The van der Waals surface area contributed by atoms with Crippen LogP contribution in [0.25, 0.3) is 22.4 Å². The van der Waals surface area contributed by atoms with E-state index in [2.05, 4.69) is 27.4 Å². The minimum atomic E-state index is -0.257. The molecule has 0 radical (unpaired) electrons. The second-order valence-corrected chi connectivity index (χ2v) is 6.68. The van der Waals surface area contributed by atoms with Gasteiger partial charge in [-0.05, 0) is 32.9 Å². The summed E-state index contributed by atoms with van der Waals surface area (Å²) >= 11 is 1.69. The molecule has 1 N–H and O–H groups in total. The van der Waals surface area contributed by atoms with Crippen LogP contribution in [0.3, 0.4) is 0 Å². The number of aromatic nitrogens is 2. The van der Waals surface area contributed by atoms with E-state index in [1.807, 2.05) is 13.8 Å². The van der Waals surface area contributed by atoms with Crippen LogP contribution in [0.4, 0.5) is 0 Å². The van der Waals surface area contributed by atoms with Gasteiger partial charge in [0, 0.05) is 15.3 Å². The van der Waals surface area contributed by atoms with E-state index in [1.165, 1.54) is 4.88 Å². The van der Waals surface area contributed by atoms with E-state index in [1.54, 1.807) is 24.3 Å². The highest BCUT2D eigenvalue weighted by Gasteiger charge is 2.20. The summed E-state index contributed by atoms with van der Waals surface area (Å²) in [5, 5.41) is 7.23. The first-order valence-corrected chi connectivity index (χ1v) is 7.89. The van der Waals surface area contributed by atoms with Gasteiger partial charge in [-0.1, -0.05) is 11.1 Å². The minimum Gasteiger partial charge on any atom is -0.341 e. The first-order chi connectivity index (χ1) is 11.0. The summed E-state index contributed by atoms with van der Waals surface area (Å²) in [4.78, 5) is 19.3. The lowest BCUT2D eigenvalue weighted by Crippen LogP contribution is -2.24. The maximum atomic E-state index is 12.4. The van der Waals surface area contributed by atoms with Gasteiger partial charge in [-0.3, -0.25) is 4.79 Å². The van der Waals surface area contributed by atoms with Crippen molar-refractivity contribution in [3.8, 4) is 23.6 Å². The molecule has 0 aliphatic heterocycles. The molecule has 3 aromatic heterocycles. The quantitative estimate of drug-likeness (QED) is 0.751.